The van der Waals surface area contributed by atoms with Crippen molar-refractivity contribution < 1.29 is 18.4 Å². The van der Waals surface area contributed by atoms with E-state index in [1.165, 1.54) is 25.3 Å². The van der Waals surface area contributed by atoms with Gasteiger partial charge < -0.3 is 15.1 Å². The first-order chi connectivity index (χ1) is 10.5. The van der Waals surface area contributed by atoms with Crippen molar-refractivity contribution in [2.75, 3.05) is 0 Å². The van der Waals surface area contributed by atoms with Crippen molar-refractivity contribution >= 4 is 23.4 Å². The largest absolute Gasteiger partial charge is 0.467 e. The molecule has 0 radical (unpaired) electrons. The molecule has 1 atom stereocenters. The van der Waals surface area contributed by atoms with Crippen LogP contribution < -0.4 is 10.6 Å². The second-order valence-corrected chi connectivity index (χ2v) is 5.05. The van der Waals surface area contributed by atoms with E-state index in [1.807, 2.05) is 0 Å². The van der Waals surface area contributed by atoms with E-state index in [0.29, 0.717) is 5.76 Å². The number of hydrogen-bond donors (Lipinski definition) is 2. The number of carbonyl (C=O) groups excluding carboxylic acids is 2. The Hall–Kier alpha value is -2.34. The van der Waals surface area contributed by atoms with Gasteiger partial charge in [-0.15, -0.1) is 0 Å². The first kappa shape index (κ1) is 16.0. The van der Waals surface area contributed by atoms with Crippen LogP contribution in [0.25, 0.3) is 0 Å². The summed E-state index contributed by atoms with van der Waals surface area (Å²) in [5.74, 6) is -1.24. The van der Waals surface area contributed by atoms with Gasteiger partial charge in [0.25, 0.3) is 5.91 Å². The Labute approximate surface area is 131 Å². The summed E-state index contributed by atoms with van der Waals surface area (Å²) in [6.07, 6.45) is 1.50. The average Bonchev–Trinajstić information content (AvgIpc) is 2.97. The van der Waals surface area contributed by atoms with Gasteiger partial charge in [-0.3, -0.25) is 9.59 Å². The van der Waals surface area contributed by atoms with Crippen molar-refractivity contribution in [2.24, 2.45) is 0 Å². The molecular formula is C15H14ClFN2O3. The lowest BCUT2D eigenvalue weighted by molar-refractivity contribution is -0.122. The van der Waals surface area contributed by atoms with Crippen LogP contribution in [0.4, 0.5) is 4.39 Å². The summed E-state index contributed by atoms with van der Waals surface area (Å²) in [6.45, 7) is 1.71. The van der Waals surface area contributed by atoms with Crippen LogP contribution in [0, 0.1) is 5.82 Å². The SMILES string of the molecule is C[C@@H](NC(=O)c1ccc(Cl)cc1F)C(=O)NCc1ccco1. The molecule has 0 aliphatic rings. The number of benzene rings is 1. The number of amides is 2. The van der Waals surface area contributed by atoms with Crippen LogP contribution in [-0.4, -0.2) is 17.9 Å². The lowest BCUT2D eigenvalue weighted by atomic mass is 10.2. The van der Waals surface area contributed by atoms with Gasteiger partial charge in [0.05, 0.1) is 18.4 Å². The predicted octanol–water partition coefficient (Wildman–Crippen LogP) is 2.51. The van der Waals surface area contributed by atoms with Crippen LogP contribution in [0.5, 0.6) is 0 Å². The highest BCUT2D eigenvalue weighted by Gasteiger charge is 2.19. The van der Waals surface area contributed by atoms with E-state index >= 15 is 0 Å². The van der Waals surface area contributed by atoms with Gasteiger partial charge in [-0.1, -0.05) is 11.6 Å². The Bertz CT molecular complexity index is 673. The molecule has 0 aliphatic heterocycles. The molecule has 22 heavy (non-hydrogen) atoms. The zero-order valence-corrected chi connectivity index (χ0v) is 12.5. The maximum absolute atomic E-state index is 13.6. The molecule has 0 saturated heterocycles. The second kappa shape index (κ2) is 7.09. The van der Waals surface area contributed by atoms with Gasteiger partial charge in [-0.25, -0.2) is 4.39 Å². The minimum Gasteiger partial charge on any atom is -0.467 e. The topological polar surface area (TPSA) is 71.3 Å². The van der Waals surface area contributed by atoms with Gasteiger partial charge in [0.2, 0.25) is 5.91 Å². The fourth-order valence-electron chi connectivity index (χ4n) is 1.75. The zero-order valence-electron chi connectivity index (χ0n) is 11.7. The molecular weight excluding hydrogens is 311 g/mol. The molecule has 2 rings (SSSR count). The Balaban J connectivity index is 1.91. The normalized spacial score (nSPS) is 11.8. The molecule has 2 amide bonds. The van der Waals surface area contributed by atoms with Crippen LogP contribution in [-0.2, 0) is 11.3 Å². The van der Waals surface area contributed by atoms with Crippen LogP contribution in [0.1, 0.15) is 23.0 Å². The molecule has 2 aromatic rings. The third-order valence-electron chi connectivity index (χ3n) is 2.93. The van der Waals surface area contributed by atoms with E-state index < -0.39 is 23.7 Å². The van der Waals surface area contributed by atoms with E-state index in [0.717, 1.165) is 6.07 Å². The van der Waals surface area contributed by atoms with Crippen molar-refractivity contribution in [3.8, 4) is 0 Å². The Morgan fingerprint density at radius 2 is 2.14 bits per heavy atom. The minimum atomic E-state index is -0.822. The van der Waals surface area contributed by atoms with Gasteiger partial charge in [-0.2, -0.15) is 0 Å². The number of hydrogen-bond acceptors (Lipinski definition) is 3. The summed E-state index contributed by atoms with van der Waals surface area (Å²) in [5.41, 5.74) is -0.171. The summed E-state index contributed by atoms with van der Waals surface area (Å²) in [4.78, 5) is 23.8. The molecule has 5 nitrogen and oxygen atoms in total. The molecule has 2 N–H and O–H groups in total. The first-order valence-corrected chi connectivity index (χ1v) is 6.91. The van der Waals surface area contributed by atoms with Crippen molar-refractivity contribution in [1.29, 1.82) is 0 Å². The summed E-state index contributed by atoms with van der Waals surface area (Å²) in [7, 11) is 0. The van der Waals surface area contributed by atoms with Gasteiger partial charge in [-0.05, 0) is 37.3 Å². The van der Waals surface area contributed by atoms with E-state index in [9.17, 15) is 14.0 Å². The minimum absolute atomic E-state index is 0.171. The van der Waals surface area contributed by atoms with Gasteiger partial charge in [0.1, 0.15) is 17.6 Å². The van der Waals surface area contributed by atoms with E-state index in [-0.39, 0.29) is 17.1 Å². The fourth-order valence-corrected chi connectivity index (χ4v) is 1.91. The maximum Gasteiger partial charge on any atom is 0.254 e. The monoisotopic (exact) mass is 324 g/mol. The van der Waals surface area contributed by atoms with Gasteiger partial charge in [0.15, 0.2) is 0 Å². The number of furan rings is 1. The Kier molecular flexibility index (Phi) is 5.16. The average molecular weight is 325 g/mol. The van der Waals surface area contributed by atoms with Crippen molar-refractivity contribution in [2.45, 2.75) is 19.5 Å². The Morgan fingerprint density at radius 1 is 1.36 bits per heavy atom. The lowest BCUT2D eigenvalue weighted by Gasteiger charge is -2.14. The van der Waals surface area contributed by atoms with Gasteiger partial charge in [0, 0.05) is 5.02 Å². The van der Waals surface area contributed by atoms with Crippen LogP contribution in [0.2, 0.25) is 5.02 Å². The van der Waals surface area contributed by atoms with Crippen LogP contribution in [0.3, 0.4) is 0 Å². The molecule has 116 valence electrons. The molecule has 0 saturated carbocycles. The summed E-state index contributed by atoms with van der Waals surface area (Å²) in [5, 5.41) is 5.22. The maximum atomic E-state index is 13.6. The molecule has 0 unspecified atom stereocenters. The lowest BCUT2D eigenvalue weighted by Crippen LogP contribution is -2.44. The van der Waals surface area contributed by atoms with Crippen molar-refractivity contribution in [3.63, 3.8) is 0 Å². The molecule has 1 heterocycles. The zero-order chi connectivity index (χ0) is 16.1. The fraction of sp³-hybridized carbons (Fsp3) is 0.200. The smallest absolute Gasteiger partial charge is 0.254 e. The molecule has 1 aromatic carbocycles. The number of carbonyl (C=O) groups is 2. The third-order valence-corrected chi connectivity index (χ3v) is 3.17. The number of nitrogens with one attached hydrogen (secondary N) is 2. The van der Waals surface area contributed by atoms with Crippen molar-refractivity contribution in [1.82, 2.24) is 10.6 Å². The van der Waals surface area contributed by atoms with E-state index in [2.05, 4.69) is 10.6 Å². The number of rotatable bonds is 5. The van der Waals surface area contributed by atoms with Crippen molar-refractivity contribution in [3.05, 3.63) is 58.8 Å². The molecule has 0 spiro atoms. The van der Waals surface area contributed by atoms with E-state index in [1.54, 1.807) is 12.1 Å². The quantitative estimate of drug-likeness (QED) is 0.887. The summed E-state index contributed by atoms with van der Waals surface area (Å²) >= 11 is 5.62. The molecule has 0 fully saturated rings. The summed E-state index contributed by atoms with van der Waals surface area (Å²) < 4.78 is 18.7. The summed E-state index contributed by atoms with van der Waals surface area (Å²) in [6, 6.07) is 6.31. The molecule has 1 aromatic heterocycles. The number of halogens is 2. The van der Waals surface area contributed by atoms with Crippen LogP contribution >= 0.6 is 11.6 Å². The van der Waals surface area contributed by atoms with Gasteiger partial charge >= 0.3 is 0 Å². The Morgan fingerprint density at radius 3 is 2.77 bits per heavy atom. The highest BCUT2D eigenvalue weighted by Crippen LogP contribution is 2.14. The highest BCUT2D eigenvalue weighted by atomic mass is 35.5. The standard InChI is InChI=1S/C15H14ClFN2O3/c1-9(14(20)18-8-11-3-2-6-22-11)19-15(21)12-5-4-10(16)7-13(12)17/h2-7,9H,8H2,1H3,(H,18,20)(H,19,21)/t9-/m1/s1. The molecule has 0 aliphatic carbocycles. The van der Waals surface area contributed by atoms with E-state index in [4.69, 9.17) is 16.0 Å². The van der Waals surface area contributed by atoms with Crippen LogP contribution in [0.15, 0.2) is 41.0 Å². The third kappa shape index (κ3) is 4.08. The molecule has 7 heteroatoms. The second-order valence-electron chi connectivity index (χ2n) is 4.62. The first-order valence-electron chi connectivity index (χ1n) is 6.53. The molecule has 0 bridgehead atoms. The highest BCUT2D eigenvalue weighted by molar-refractivity contribution is 6.30. The predicted molar refractivity (Wildman–Crippen MR) is 78.9 cm³/mol.